The number of ketones is 1. The smallest absolute Gasteiger partial charge is 0.152 e. The summed E-state index contributed by atoms with van der Waals surface area (Å²) in [4.78, 5) is 12.0. The van der Waals surface area contributed by atoms with Gasteiger partial charge in [-0.3, -0.25) is 4.79 Å². The van der Waals surface area contributed by atoms with E-state index in [1.165, 1.54) is 12.8 Å². The first-order valence-corrected chi connectivity index (χ1v) is 6.64. The normalized spacial score (nSPS) is 28.4. The predicted molar refractivity (Wildman–Crippen MR) is 63.2 cm³/mol. The number of rotatable bonds is 5. The molecule has 1 aliphatic carbocycles. The molecule has 0 amide bonds. The summed E-state index contributed by atoms with van der Waals surface area (Å²) in [6, 6.07) is 0. The predicted octanol–water partition coefficient (Wildman–Crippen LogP) is 2.18. The van der Waals surface area contributed by atoms with Gasteiger partial charge in [-0.05, 0) is 38.5 Å². The zero-order valence-corrected chi connectivity index (χ0v) is 10.0. The molecule has 0 spiro atoms. The van der Waals surface area contributed by atoms with E-state index in [4.69, 9.17) is 10.5 Å². The highest BCUT2D eigenvalue weighted by Gasteiger charge is 2.35. The van der Waals surface area contributed by atoms with E-state index in [9.17, 15) is 4.79 Å². The van der Waals surface area contributed by atoms with E-state index in [2.05, 4.69) is 0 Å². The maximum atomic E-state index is 12.0. The third kappa shape index (κ3) is 2.83. The minimum atomic E-state index is -0.476. The van der Waals surface area contributed by atoms with Crippen LogP contribution in [0.25, 0.3) is 0 Å². The molecule has 2 rings (SSSR count). The van der Waals surface area contributed by atoms with Crippen LogP contribution in [0.5, 0.6) is 0 Å². The van der Waals surface area contributed by atoms with Crippen LogP contribution in [0.2, 0.25) is 0 Å². The topological polar surface area (TPSA) is 52.3 Å². The molecule has 1 unspecified atom stereocenters. The molecule has 1 heterocycles. The van der Waals surface area contributed by atoms with Gasteiger partial charge < -0.3 is 10.5 Å². The highest BCUT2D eigenvalue weighted by Crippen LogP contribution is 2.29. The van der Waals surface area contributed by atoms with Crippen LogP contribution in [0.15, 0.2) is 0 Å². The van der Waals surface area contributed by atoms with Gasteiger partial charge in [0, 0.05) is 13.0 Å². The second-order valence-electron chi connectivity index (χ2n) is 5.31. The molecule has 0 aromatic heterocycles. The minimum absolute atomic E-state index is 0.281. The first-order valence-electron chi connectivity index (χ1n) is 6.64. The Morgan fingerprint density at radius 1 is 1.31 bits per heavy atom. The van der Waals surface area contributed by atoms with E-state index in [1.807, 2.05) is 0 Å². The fraction of sp³-hybridized carbons (Fsp3) is 0.923. The second kappa shape index (κ2) is 5.28. The molecule has 0 bridgehead atoms. The van der Waals surface area contributed by atoms with Crippen molar-refractivity contribution in [3.63, 3.8) is 0 Å². The third-order valence-corrected chi connectivity index (χ3v) is 4.01. The first-order chi connectivity index (χ1) is 7.71. The summed E-state index contributed by atoms with van der Waals surface area (Å²) in [5.74, 6) is 0.281. The number of carbonyl (C=O) groups excluding carboxylic acids is 1. The lowest BCUT2D eigenvalue weighted by Crippen LogP contribution is -2.45. The summed E-state index contributed by atoms with van der Waals surface area (Å²) in [6.45, 7) is 0.902. The first kappa shape index (κ1) is 12.1. The van der Waals surface area contributed by atoms with Crippen LogP contribution in [-0.4, -0.2) is 24.0 Å². The van der Waals surface area contributed by atoms with Crippen LogP contribution in [0, 0.1) is 0 Å². The molecule has 1 saturated heterocycles. The highest BCUT2D eigenvalue weighted by molar-refractivity contribution is 5.88. The lowest BCUT2D eigenvalue weighted by atomic mass is 9.90. The Bertz CT molecular complexity index is 240. The lowest BCUT2D eigenvalue weighted by molar-refractivity contribution is -0.124. The fourth-order valence-electron chi connectivity index (χ4n) is 2.90. The van der Waals surface area contributed by atoms with Crippen LogP contribution in [0.1, 0.15) is 57.8 Å². The van der Waals surface area contributed by atoms with Gasteiger partial charge in [0.1, 0.15) is 0 Å². The van der Waals surface area contributed by atoms with Gasteiger partial charge in [0.15, 0.2) is 5.78 Å². The van der Waals surface area contributed by atoms with E-state index >= 15 is 0 Å². The molecule has 2 N–H and O–H groups in total. The molecule has 1 atom stereocenters. The Kier molecular flexibility index (Phi) is 3.98. The van der Waals surface area contributed by atoms with Crippen LogP contribution >= 0.6 is 0 Å². The molecule has 0 radical (unpaired) electrons. The minimum Gasteiger partial charge on any atom is -0.378 e. The standard InChI is InChI=1S/C13H23NO2/c14-13(8-1-2-9-13)12(15)7-3-5-11-6-4-10-16-11/h11H,1-10,14H2. The molecule has 3 nitrogen and oxygen atoms in total. The molecular weight excluding hydrogens is 202 g/mol. The molecule has 1 saturated carbocycles. The van der Waals surface area contributed by atoms with Crippen LogP contribution in [0.3, 0.4) is 0 Å². The molecule has 1 aliphatic heterocycles. The number of hydrogen-bond donors (Lipinski definition) is 1. The zero-order chi connectivity index (χ0) is 11.4. The van der Waals surface area contributed by atoms with E-state index in [-0.39, 0.29) is 5.78 Å². The Morgan fingerprint density at radius 3 is 2.69 bits per heavy atom. The van der Waals surface area contributed by atoms with E-state index < -0.39 is 5.54 Å². The van der Waals surface area contributed by atoms with E-state index in [0.717, 1.165) is 45.1 Å². The molecular formula is C13H23NO2. The third-order valence-electron chi connectivity index (χ3n) is 4.01. The number of hydrogen-bond acceptors (Lipinski definition) is 3. The monoisotopic (exact) mass is 225 g/mol. The Morgan fingerprint density at radius 2 is 2.06 bits per heavy atom. The van der Waals surface area contributed by atoms with Gasteiger partial charge in [-0.15, -0.1) is 0 Å². The van der Waals surface area contributed by atoms with Crippen molar-refractivity contribution in [1.82, 2.24) is 0 Å². The van der Waals surface area contributed by atoms with Crippen molar-refractivity contribution in [3.8, 4) is 0 Å². The number of carbonyl (C=O) groups is 1. The Hall–Kier alpha value is -0.410. The molecule has 0 aromatic rings. The molecule has 16 heavy (non-hydrogen) atoms. The summed E-state index contributed by atoms with van der Waals surface area (Å²) in [6.07, 6.45) is 9.41. The molecule has 3 heteroatoms. The lowest BCUT2D eigenvalue weighted by Gasteiger charge is -2.21. The van der Waals surface area contributed by atoms with Gasteiger partial charge in [-0.25, -0.2) is 0 Å². The fourth-order valence-corrected chi connectivity index (χ4v) is 2.90. The van der Waals surface area contributed by atoms with E-state index in [0.29, 0.717) is 12.5 Å². The molecule has 92 valence electrons. The largest absolute Gasteiger partial charge is 0.378 e. The number of ether oxygens (including phenoxy) is 1. The van der Waals surface area contributed by atoms with Crippen molar-refractivity contribution < 1.29 is 9.53 Å². The molecule has 0 aromatic carbocycles. The summed E-state index contributed by atoms with van der Waals surface area (Å²) >= 11 is 0. The number of nitrogens with two attached hydrogens (primary N) is 1. The van der Waals surface area contributed by atoms with Crippen molar-refractivity contribution in [3.05, 3.63) is 0 Å². The van der Waals surface area contributed by atoms with Gasteiger partial charge in [-0.2, -0.15) is 0 Å². The van der Waals surface area contributed by atoms with Gasteiger partial charge in [0.2, 0.25) is 0 Å². The quantitative estimate of drug-likeness (QED) is 0.780. The molecule has 2 aliphatic rings. The average Bonchev–Trinajstić information content (AvgIpc) is 2.90. The second-order valence-corrected chi connectivity index (χ2v) is 5.31. The van der Waals surface area contributed by atoms with Crippen molar-refractivity contribution in [2.75, 3.05) is 6.61 Å². The SMILES string of the molecule is NC1(C(=O)CCCC2CCCO2)CCCC1. The number of Topliss-reactive ketones (excluding diaryl/α,β-unsaturated/α-hetero) is 1. The van der Waals surface area contributed by atoms with Gasteiger partial charge >= 0.3 is 0 Å². The van der Waals surface area contributed by atoms with Crippen molar-refractivity contribution in [1.29, 1.82) is 0 Å². The summed E-state index contributed by atoms with van der Waals surface area (Å²) in [5, 5.41) is 0. The summed E-state index contributed by atoms with van der Waals surface area (Å²) in [5.41, 5.74) is 5.64. The molecule has 2 fully saturated rings. The van der Waals surface area contributed by atoms with Crippen molar-refractivity contribution in [2.45, 2.75) is 69.4 Å². The van der Waals surface area contributed by atoms with Crippen LogP contribution in [0.4, 0.5) is 0 Å². The van der Waals surface area contributed by atoms with Crippen LogP contribution in [-0.2, 0) is 9.53 Å². The summed E-state index contributed by atoms with van der Waals surface area (Å²) in [7, 11) is 0. The van der Waals surface area contributed by atoms with Crippen LogP contribution < -0.4 is 5.73 Å². The van der Waals surface area contributed by atoms with E-state index in [1.54, 1.807) is 0 Å². The van der Waals surface area contributed by atoms with Crippen molar-refractivity contribution >= 4 is 5.78 Å². The highest BCUT2D eigenvalue weighted by atomic mass is 16.5. The maximum absolute atomic E-state index is 12.0. The van der Waals surface area contributed by atoms with Crippen molar-refractivity contribution in [2.24, 2.45) is 5.73 Å². The zero-order valence-electron chi connectivity index (χ0n) is 10.0. The van der Waals surface area contributed by atoms with Gasteiger partial charge in [0.25, 0.3) is 0 Å². The van der Waals surface area contributed by atoms with Gasteiger partial charge in [0.05, 0.1) is 11.6 Å². The van der Waals surface area contributed by atoms with Gasteiger partial charge in [-0.1, -0.05) is 12.8 Å². The average molecular weight is 225 g/mol. The summed E-state index contributed by atoms with van der Waals surface area (Å²) < 4.78 is 5.54. The Balaban J connectivity index is 1.67. The Labute approximate surface area is 97.7 Å². The maximum Gasteiger partial charge on any atom is 0.152 e.